The molecule has 0 aliphatic heterocycles. The van der Waals surface area contributed by atoms with Gasteiger partial charge in [-0.2, -0.15) is 0 Å². The lowest BCUT2D eigenvalue weighted by molar-refractivity contribution is 0.0940. The topological polar surface area (TPSA) is 104 Å². The van der Waals surface area contributed by atoms with Crippen LogP contribution in [0.25, 0.3) is 0 Å². The van der Waals surface area contributed by atoms with Gasteiger partial charge < -0.3 is 10.6 Å². The number of nitrogens with one attached hydrogen (secondary N) is 3. The number of carbonyl (C=O) groups is 2. The number of amides is 2. The van der Waals surface area contributed by atoms with Crippen LogP contribution >= 0.6 is 0 Å². The summed E-state index contributed by atoms with van der Waals surface area (Å²) in [5.74, 6) is -0.801. The zero-order valence-corrected chi connectivity index (χ0v) is 22.2. The van der Waals surface area contributed by atoms with Crippen LogP contribution in [-0.4, -0.2) is 20.2 Å². The van der Waals surface area contributed by atoms with Gasteiger partial charge in [0.05, 0.1) is 27.9 Å². The third kappa shape index (κ3) is 6.27. The van der Waals surface area contributed by atoms with Gasteiger partial charge in [-0.05, 0) is 68.3 Å². The van der Waals surface area contributed by atoms with E-state index in [9.17, 15) is 18.0 Å². The van der Waals surface area contributed by atoms with Crippen LogP contribution in [0.3, 0.4) is 0 Å². The summed E-state index contributed by atoms with van der Waals surface area (Å²) < 4.78 is 28.4. The van der Waals surface area contributed by atoms with Gasteiger partial charge in [0.25, 0.3) is 21.8 Å². The van der Waals surface area contributed by atoms with E-state index in [1.807, 2.05) is 44.2 Å². The van der Waals surface area contributed by atoms with E-state index in [4.69, 9.17) is 0 Å². The summed E-state index contributed by atoms with van der Waals surface area (Å²) in [5, 5.41) is 5.75. The lowest BCUT2D eigenvalue weighted by atomic mass is 10.1. The molecule has 1 atom stereocenters. The maximum Gasteiger partial charge on any atom is 0.261 e. The summed E-state index contributed by atoms with van der Waals surface area (Å²) >= 11 is 0. The fourth-order valence-electron chi connectivity index (χ4n) is 3.88. The van der Waals surface area contributed by atoms with Gasteiger partial charge in [-0.15, -0.1) is 0 Å². The number of anilines is 2. The molecule has 0 saturated heterocycles. The Morgan fingerprint density at radius 3 is 2.11 bits per heavy atom. The normalized spacial score (nSPS) is 11.9. The summed E-state index contributed by atoms with van der Waals surface area (Å²) in [6.45, 7) is 5.52. The number of para-hydroxylation sites is 1. The Morgan fingerprint density at radius 2 is 1.39 bits per heavy atom. The second-order valence-corrected chi connectivity index (χ2v) is 10.7. The molecule has 194 valence electrons. The Balaban J connectivity index is 1.52. The lowest BCUT2D eigenvalue weighted by Gasteiger charge is -2.17. The minimum Gasteiger partial charge on any atom is -0.345 e. The molecule has 0 aromatic heterocycles. The Hall–Kier alpha value is -4.43. The molecular weight excluding hydrogens is 498 g/mol. The van der Waals surface area contributed by atoms with Crippen molar-refractivity contribution < 1.29 is 18.0 Å². The standard InChI is InChI=1S/C30H29N3O4S/c1-20-13-17-25(18-14-20)38(36,37)33-28-19-24(16-15-21(28)2)29(34)32-27-12-8-7-11-26(27)30(35)31-22(3)23-9-5-4-6-10-23/h4-19,22,33H,1-3H3,(H,31,35)(H,32,34)/t22-/m0/s1. The molecule has 2 amide bonds. The van der Waals surface area contributed by atoms with Crippen LogP contribution in [0.4, 0.5) is 11.4 Å². The molecule has 0 aliphatic rings. The Labute approximate surface area is 223 Å². The van der Waals surface area contributed by atoms with Crippen LogP contribution in [0.1, 0.15) is 50.4 Å². The van der Waals surface area contributed by atoms with Crippen molar-refractivity contribution in [2.24, 2.45) is 0 Å². The van der Waals surface area contributed by atoms with E-state index in [0.29, 0.717) is 22.5 Å². The highest BCUT2D eigenvalue weighted by atomic mass is 32.2. The van der Waals surface area contributed by atoms with Gasteiger partial charge in [0.15, 0.2) is 0 Å². The predicted octanol–water partition coefficient (Wildman–Crippen LogP) is 5.85. The van der Waals surface area contributed by atoms with E-state index in [1.54, 1.807) is 55.5 Å². The molecule has 4 aromatic carbocycles. The highest BCUT2D eigenvalue weighted by Gasteiger charge is 2.19. The molecule has 7 nitrogen and oxygen atoms in total. The number of rotatable bonds is 8. The van der Waals surface area contributed by atoms with Crippen LogP contribution in [0, 0.1) is 13.8 Å². The Kier molecular flexibility index (Phi) is 7.93. The molecule has 0 unspecified atom stereocenters. The first kappa shape index (κ1) is 26.6. The maximum absolute atomic E-state index is 13.1. The summed E-state index contributed by atoms with van der Waals surface area (Å²) in [6.07, 6.45) is 0. The monoisotopic (exact) mass is 527 g/mol. The highest BCUT2D eigenvalue weighted by Crippen LogP contribution is 2.24. The van der Waals surface area contributed by atoms with E-state index in [0.717, 1.165) is 11.1 Å². The molecule has 0 fully saturated rings. The van der Waals surface area contributed by atoms with Gasteiger partial charge >= 0.3 is 0 Å². The predicted molar refractivity (Wildman–Crippen MR) is 150 cm³/mol. The molecule has 0 spiro atoms. The van der Waals surface area contributed by atoms with Crippen LogP contribution in [0.2, 0.25) is 0 Å². The number of carbonyl (C=O) groups excluding carboxylic acids is 2. The smallest absolute Gasteiger partial charge is 0.261 e. The van der Waals surface area contributed by atoms with Gasteiger partial charge in [-0.25, -0.2) is 8.42 Å². The van der Waals surface area contributed by atoms with E-state index in [2.05, 4.69) is 15.4 Å². The maximum atomic E-state index is 13.1. The molecule has 0 aliphatic carbocycles. The largest absolute Gasteiger partial charge is 0.345 e. The summed E-state index contributed by atoms with van der Waals surface area (Å²) in [5.41, 5.74) is 3.76. The number of aryl methyl sites for hydroxylation is 2. The summed E-state index contributed by atoms with van der Waals surface area (Å²) in [6, 6.07) is 27.4. The van der Waals surface area contributed by atoms with Crippen molar-refractivity contribution >= 4 is 33.2 Å². The molecule has 3 N–H and O–H groups in total. The van der Waals surface area contributed by atoms with Gasteiger partial charge in [-0.3, -0.25) is 14.3 Å². The number of hydrogen-bond acceptors (Lipinski definition) is 4. The van der Waals surface area contributed by atoms with Crippen molar-refractivity contribution in [3.05, 3.63) is 125 Å². The van der Waals surface area contributed by atoms with Gasteiger partial charge in [-0.1, -0.05) is 66.2 Å². The zero-order chi connectivity index (χ0) is 27.3. The fourth-order valence-corrected chi connectivity index (χ4v) is 5.00. The minimum atomic E-state index is -3.84. The Morgan fingerprint density at radius 1 is 0.737 bits per heavy atom. The molecule has 4 aromatic rings. The van der Waals surface area contributed by atoms with Crippen molar-refractivity contribution in [3.63, 3.8) is 0 Å². The lowest BCUT2D eigenvalue weighted by Crippen LogP contribution is -2.28. The minimum absolute atomic E-state index is 0.127. The summed E-state index contributed by atoms with van der Waals surface area (Å²) in [4.78, 5) is 26.3. The van der Waals surface area contributed by atoms with Crippen LogP contribution in [0.5, 0.6) is 0 Å². The Bertz CT molecular complexity index is 1570. The van der Waals surface area contributed by atoms with Crippen molar-refractivity contribution in [3.8, 4) is 0 Å². The average Bonchev–Trinajstić information content (AvgIpc) is 2.90. The van der Waals surface area contributed by atoms with E-state index in [-0.39, 0.29) is 22.4 Å². The van der Waals surface area contributed by atoms with Gasteiger partial charge in [0.1, 0.15) is 0 Å². The summed E-state index contributed by atoms with van der Waals surface area (Å²) in [7, 11) is -3.84. The SMILES string of the molecule is Cc1ccc(S(=O)(=O)Nc2cc(C(=O)Nc3ccccc3C(=O)N[C@@H](C)c3ccccc3)ccc2C)cc1. The third-order valence-electron chi connectivity index (χ3n) is 6.14. The van der Waals surface area contributed by atoms with Gasteiger partial charge in [0, 0.05) is 5.56 Å². The van der Waals surface area contributed by atoms with Crippen molar-refractivity contribution in [1.29, 1.82) is 0 Å². The van der Waals surface area contributed by atoms with Crippen LogP contribution in [0.15, 0.2) is 102 Å². The van der Waals surface area contributed by atoms with Crippen molar-refractivity contribution in [2.75, 3.05) is 10.0 Å². The number of hydrogen-bond donors (Lipinski definition) is 3. The molecule has 0 radical (unpaired) electrons. The zero-order valence-electron chi connectivity index (χ0n) is 21.4. The van der Waals surface area contributed by atoms with Crippen molar-refractivity contribution in [1.82, 2.24) is 5.32 Å². The first-order valence-corrected chi connectivity index (χ1v) is 13.6. The van der Waals surface area contributed by atoms with Crippen LogP contribution in [-0.2, 0) is 10.0 Å². The van der Waals surface area contributed by atoms with Crippen molar-refractivity contribution in [2.45, 2.75) is 31.7 Å². The van der Waals surface area contributed by atoms with E-state index < -0.39 is 15.9 Å². The molecule has 4 rings (SSSR count). The van der Waals surface area contributed by atoms with E-state index in [1.165, 1.54) is 18.2 Å². The van der Waals surface area contributed by atoms with Gasteiger partial charge in [0.2, 0.25) is 0 Å². The highest BCUT2D eigenvalue weighted by molar-refractivity contribution is 7.92. The third-order valence-corrected chi connectivity index (χ3v) is 7.52. The molecule has 0 heterocycles. The average molecular weight is 528 g/mol. The molecular formula is C30H29N3O4S. The number of sulfonamides is 1. The molecule has 38 heavy (non-hydrogen) atoms. The number of benzene rings is 4. The molecule has 8 heteroatoms. The van der Waals surface area contributed by atoms with E-state index >= 15 is 0 Å². The fraction of sp³-hybridized carbons (Fsp3) is 0.133. The molecule has 0 bridgehead atoms. The second kappa shape index (κ2) is 11.3. The first-order valence-electron chi connectivity index (χ1n) is 12.1. The van der Waals surface area contributed by atoms with Crippen LogP contribution < -0.4 is 15.4 Å². The quantitative estimate of drug-likeness (QED) is 0.267. The first-order chi connectivity index (χ1) is 18.1. The molecule has 0 saturated carbocycles. The second-order valence-electron chi connectivity index (χ2n) is 9.05.